The first-order valence-electron chi connectivity index (χ1n) is 10.3. The highest BCUT2D eigenvalue weighted by Crippen LogP contribution is 2.26. The van der Waals surface area contributed by atoms with Gasteiger partial charge in [0, 0.05) is 36.2 Å². The molecule has 0 saturated carbocycles. The SMILES string of the molecule is CC.O=C(NCCCNc1nsc2ccccc12)c1ccc(-c2ccc([N+](=O)[O-])cc2)o1. The number of nitrogens with one attached hydrogen (secondary N) is 2. The minimum absolute atomic E-state index is 0.00234. The first-order chi connectivity index (χ1) is 15.6. The molecule has 0 radical (unpaired) electrons. The van der Waals surface area contributed by atoms with Crippen LogP contribution in [0.25, 0.3) is 21.4 Å². The number of hydrogen-bond acceptors (Lipinski definition) is 7. The van der Waals surface area contributed by atoms with Gasteiger partial charge in [-0.15, -0.1) is 0 Å². The highest BCUT2D eigenvalue weighted by Gasteiger charge is 2.13. The van der Waals surface area contributed by atoms with Crippen LogP contribution in [0.1, 0.15) is 30.8 Å². The molecule has 166 valence electrons. The molecule has 4 aromatic rings. The molecule has 32 heavy (non-hydrogen) atoms. The Morgan fingerprint density at radius 3 is 2.56 bits per heavy atom. The van der Waals surface area contributed by atoms with Gasteiger partial charge in [-0.05, 0) is 54.4 Å². The predicted octanol–water partition coefficient (Wildman–Crippen LogP) is 5.72. The maximum atomic E-state index is 12.3. The Morgan fingerprint density at radius 1 is 1.06 bits per heavy atom. The summed E-state index contributed by atoms with van der Waals surface area (Å²) >= 11 is 1.45. The maximum absolute atomic E-state index is 12.3. The van der Waals surface area contributed by atoms with Gasteiger partial charge >= 0.3 is 0 Å². The fourth-order valence-corrected chi connectivity index (χ4v) is 3.72. The predicted molar refractivity (Wildman–Crippen MR) is 127 cm³/mol. The molecule has 0 saturated heterocycles. The number of fused-ring (bicyclic) bond motifs is 1. The van der Waals surface area contributed by atoms with E-state index >= 15 is 0 Å². The summed E-state index contributed by atoms with van der Waals surface area (Å²) < 4.78 is 11.1. The van der Waals surface area contributed by atoms with Gasteiger partial charge in [0.15, 0.2) is 5.76 Å². The summed E-state index contributed by atoms with van der Waals surface area (Å²) in [6, 6.07) is 17.3. The monoisotopic (exact) mass is 452 g/mol. The first kappa shape index (κ1) is 23.0. The Kier molecular flexibility index (Phi) is 7.93. The number of hydrogen-bond donors (Lipinski definition) is 2. The molecule has 0 aliphatic rings. The number of nitrogens with zero attached hydrogens (tertiary/aromatic N) is 2. The van der Waals surface area contributed by atoms with E-state index < -0.39 is 4.92 Å². The van der Waals surface area contributed by atoms with Crippen LogP contribution in [0.15, 0.2) is 65.1 Å². The third-order valence-electron chi connectivity index (χ3n) is 4.50. The molecule has 0 bridgehead atoms. The smallest absolute Gasteiger partial charge is 0.287 e. The number of carbonyl (C=O) groups excluding carboxylic acids is 1. The Balaban J connectivity index is 0.00000141. The fraction of sp³-hybridized carbons (Fsp3) is 0.217. The molecule has 4 rings (SSSR count). The first-order valence-corrected chi connectivity index (χ1v) is 11.1. The number of carbonyl (C=O) groups is 1. The summed E-state index contributed by atoms with van der Waals surface area (Å²) in [5.74, 6) is 1.23. The van der Waals surface area contributed by atoms with Crippen LogP contribution in [0.4, 0.5) is 11.5 Å². The Hall–Kier alpha value is -3.72. The normalized spacial score (nSPS) is 10.3. The van der Waals surface area contributed by atoms with E-state index in [4.69, 9.17) is 4.42 Å². The number of anilines is 1. The molecule has 2 aromatic heterocycles. The second-order valence-corrected chi connectivity index (χ2v) is 7.34. The van der Waals surface area contributed by atoms with Crippen molar-refractivity contribution in [1.29, 1.82) is 0 Å². The van der Waals surface area contributed by atoms with Crippen LogP contribution in [0.5, 0.6) is 0 Å². The number of amides is 1. The third-order valence-corrected chi connectivity index (χ3v) is 5.33. The third kappa shape index (κ3) is 5.50. The van der Waals surface area contributed by atoms with Crippen molar-refractivity contribution in [2.45, 2.75) is 20.3 Å². The van der Waals surface area contributed by atoms with Gasteiger partial charge in [0.25, 0.3) is 11.6 Å². The molecule has 2 N–H and O–H groups in total. The average Bonchev–Trinajstić information content (AvgIpc) is 3.48. The van der Waals surface area contributed by atoms with Crippen molar-refractivity contribution in [1.82, 2.24) is 9.69 Å². The zero-order chi connectivity index (χ0) is 22.9. The van der Waals surface area contributed by atoms with E-state index in [0.717, 1.165) is 22.3 Å². The zero-order valence-corrected chi connectivity index (χ0v) is 18.6. The molecular formula is C23H24N4O4S. The van der Waals surface area contributed by atoms with E-state index in [1.54, 1.807) is 24.3 Å². The number of non-ortho nitro benzene ring substituents is 1. The van der Waals surface area contributed by atoms with E-state index in [9.17, 15) is 14.9 Å². The molecule has 0 spiro atoms. The van der Waals surface area contributed by atoms with Crippen LogP contribution in [0.2, 0.25) is 0 Å². The van der Waals surface area contributed by atoms with Crippen molar-refractivity contribution >= 4 is 39.0 Å². The molecule has 0 atom stereocenters. The lowest BCUT2D eigenvalue weighted by Gasteiger charge is -2.05. The van der Waals surface area contributed by atoms with Gasteiger partial charge in [0.1, 0.15) is 11.6 Å². The number of nitro benzene ring substituents is 1. The van der Waals surface area contributed by atoms with Crippen LogP contribution in [-0.2, 0) is 0 Å². The molecule has 0 aliphatic heterocycles. The fourth-order valence-electron chi connectivity index (χ4n) is 2.96. The quantitative estimate of drug-likeness (QED) is 0.201. The minimum Gasteiger partial charge on any atom is -0.451 e. The van der Waals surface area contributed by atoms with Gasteiger partial charge in [-0.3, -0.25) is 14.9 Å². The zero-order valence-electron chi connectivity index (χ0n) is 17.8. The van der Waals surface area contributed by atoms with Crippen LogP contribution in [0.3, 0.4) is 0 Å². The van der Waals surface area contributed by atoms with E-state index in [1.165, 1.54) is 23.7 Å². The second-order valence-electron chi connectivity index (χ2n) is 6.53. The van der Waals surface area contributed by atoms with Crippen molar-refractivity contribution in [3.63, 3.8) is 0 Å². The van der Waals surface area contributed by atoms with Gasteiger partial charge in [-0.1, -0.05) is 26.0 Å². The maximum Gasteiger partial charge on any atom is 0.287 e. The molecular weight excluding hydrogens is 428 g/mol. The topological polar surface area (TPSA) is 110 Å². The number of rotatable bonds is 8. The average molecular weight is 453 g/mol. The molecule has 1 amide bonds. The van der Waals surface area contributed by atoms with E-state index in [2.05, 4.69) is 15.0 Å². The van der Waals surface area contributed by atoms with Crippen LogP contribution >= 0.6 is 11.5 Å². The molecule has 0 aliphatic carbocycles. The standard InChI is InChI=1S/C21H18N4O4S.C2H6/c26-21(18-11-10-17(29-18)14-6-8-15(9-7-14)25(27)28)23-13-3-12-22-20-16-4-1-2-5-19(16)30-24-20;1-2/h1-2,4-11H,3,12-13H2,(H,22,24)(H,23,26);1-2H3. The minimum atomic E-state index is -0.462. The number of benzene rings is 2. The number of aromatic nitrogens is 1. The summed E-state index contributed by atoms with van der Waals surface area (Å²) in [5, 5.41) is 18.0. The number of nitro groups is 1. The summed E-state index contributed by atoms with van der Waals surface area (Å²) in [5.41, 5.74) is 0.668. The highest BCUT2D eigenvalue weighted by atomic mass is 32.1. The lowest BCUT2D eigenvalue weighted by Crippen LogP contribution is -2.25. The van der Waals surface area contributed by atoms with E-state index in [1.807, 2.05) is 38.1 Å². The molecule has 0 unspecified atom stereocenters. The number of furan rings is 1. The lowest BCUT2D eigenvalue weighted by molar-refractivity contribution is -0.384. The van der Waals surface area contributed by atoms with E-state index in [-0.39, 0.29) is 17.4 Å². The Morgan fingerprint density at radius 2 is 1.81 bits per heavy atom. The van der Waals surface area contributed by atoms with Gasteiger partial charge in [-0.25, -0.2) is 0 Å². The van der Waals surface area contributed by atoms with Crippen LogP contribution in [0, 0.1) is 10.1 Å². The summed E-state index contributed by atoms with van der Waals surface area (Å²) in [4.78, 5) is 22.5. The Labute approximate surface area is 189 Å². The molecule has 0 fully saturated rings. The van der Waals surface area contributed by atoms with Crippen LogP contribution < -0.4 is 10.6 Å². The second kappa shape index (κ2) is 11.1. The largest absolute Gasteiger partial charge is 0.451 e. The highest BCUT2D eigenvalue weighted by molar-refractivity contribution is 7.13. The van der Waals surface area contributed by atoms with Crippen molar-refractivity contribution in [2.24, 2.45) is 0 Å². The molecule has 2 heterocycles. The van der Waals surface area contributed by atoms with Crippen molar-refractivity contribution in [2.75, 3.05) is 18.4 Å². The summed E-state index contributed by atoms with van der Waals surface area (Å²) in [7, 11) is 0. The molecule has 9 heteroatoms. The van der Waals surface area contributed by atoms with Gasteiger partial charge in [0.2, 0.25) is 0 Å². The lowest BCUT2D eigenvalue weighted by atomic mass is 10.1. The summed E-state index contributed by atoms with van der Waals surface area (Å²) in [6.07, 6.45) is 0.730. The van der Waals surface area contributed by atoms with Gasteiger partial charge < -0.3 is 15.1 Å². The van der Waals surface area contributed by atoms with Crippen LogP contribution in [-0.4, -0.2) is 28.3 Å². The molecule has 8 nitrogen and oxygen atoms in total. The molecule has 2 aromatic carbocycles. The van der Waals surface area contributed by atoms with Gasteiger partial charge in [0.05, 0.1) is 9.62 Å². The Bertz CT molecular complexity index is 1180. The van der Waals surface area contributed by atoms with Crippen molar-refractivity contribution < 1.29 is 14.1 Å². The van der Waals surface area contributed by atoms with E-state index in [0.29, 0.717) is 24.4 Å². The van der Waals surface area contributed by atoms with Crippen molar-refractivity contribution in [3.05, 3.63) is 76.5 Å². The summed E-state index contributed by atoms with van der Waals surface area (Å²) in [6.45, 7) is 5.17. The van der Waals surface area contributed by atoms with Crippen molar-refractivity contribution in [3.8, 4) is 11.3 Å². The van der Waals surface area contributed by atoms with Gasteiger partial charge in [-0.2, -0.15) is 4.37 Å².